The number of anilines is 4. The lowest BCUT2D eigenvalue weighted by Gasteiger charge is -2.36. The monoisotopic (exact) mass is 516 g/mol. The van der Waals surface area contributed by atoms with E-state index in [1.807, 2.05) is 6.20 Å². The highest BCUT2D eigenvalue weighted by Gasteiger charge is 2.54. The largest absolute Gasteiger partial charge is 0.301 e. The number of para-hydroxylation sites is 1. The van der Waals surface area contributed by atoms with Gasteiger partial charge in [0.25, 0.3) is 0 Å². The molecule has 0 amide bonds. The zero-order chi connectivity index (χ0) is 27.6. The lowest BCUT2D eigenvalue weighted by molar-refractivity contribution is 0.449. The van der Waals surface area contributed by atoms with E-state index >= 15 is 0 Å². The molecule has 0 bridgehead atoms. The summed E-state index contributed by atoms with van der Waals surface area (Å²) in [4.78, 5) is 14.5. The van der Waals surface area contributed by atoms with Gasteiger partial charge in [0.05, 0.1) is 0 Å². The maximum absolute atomic E-state index is 4.89. The van der Waals surface area contributed by atoms with E-state index in [1.165, 1.54) is 39.1 Å². The first-order chi connectivity index (χ1) is 18.6. The molecule has 0 saturated heterocycles. The molecule has 0 spiro atoms. The second-order valence-corrected chi connectivity index (χ2v) is 12.6. The summed E-state index contributed by atoms with van der Waals surface area (Å²) in [5.74, 6) is 3.21. The van der Waals surface area contributed by atoms with Crippen molar-refractivity contribution < 1.29 is 0 Å². The number of rotatable bonds is 5. The van der Waals surface area contributed by atoms with Crippen LogP contribution in [0.1, 0.15) is 95.4 Å². The SMILES string of the molecule is CC(C)c1cc(C(C)C)c(-c2ccc3c(c2)N2c4nccnc4N(c4ccccc4)C2C3(C)C)c(C(C)C)c1. The van der Waals surface area contributed by atoms with Crippen LogP contribution in [0.3, 0.4) is 0 Å². The Morgan fingerprint density at radius 2 is 1.28 bits per heavy atom. The zero-order valence-electron chi connectivity index (χ0n) is 24.5. The molecule has 1 atom stereocenters. The van der Waals surface area contributed by atoms with Crippen molar-refractivity contribution in [1.82, 2.24) is 9.97 Å². The molecular weight excluding hydrogens is 476 g/mol. The molecule has 3 aromatic carbocycles. The van der Waals surface area contributed by atoms with Crippen molar-refractivity contribution in [2.24, 2.45) is 0 Å². The van der Waals surface area contributed by atoms with Crippen LogP contribution in [0.25, 0.3) is 11.1 Å². The van der Waals surface area contributed by atoms with Crippen LogP contribution < -0.4 is 9.80 Å². The van der Waals surface area contributed by atoms with Crippen LogP contribution >= 0.6 is 0 Å². The van der Waals surface area contributed by atoms with Crippen LogP contribution in [-0.4, -0.2) is 16.1 Å². The first kappa shape index (κ1) is 25.6. The Bertz CT molecular complexity index is 1500. The third-order valence-electron chi connectivity index (χ3n) is 8.66. The van der Waals surface area contributed by atoms with E-state index in [0.717, 1.165) is 17.3 Å². The molecule has 4 nitrogen and oxygen atoms in total. The number of fused-ring (bicyclic) bond motifs is 5. The van der Waals surface area contributed by atoms with E-state index < -0.39 is 0 Å². The fourth-order valence-corrected chi connectivity index (χ4v) is 6.61. The van der Waals surface area contributed by atoms with Crippen molar-refractivity contribution in [1.29, 1.82) is 0 Å². The smallest absolute Gasteiger partial charge is 0.178 e. The van der Waals surface area contributed by atoms with Gasteiger partial charge in [-0.05, 0) is 69.3 Å². The molecule has 200 valence electrons. The highest BCUT2D eigenvalue weighted by molar-refractivity contribution is 5.90. The molecule has 39 heavy (non-hydrogen) atoms. The lowest BCUT2D eigenvalue weighted by Crippen LogP contribution is -2.46. The molecule has 4 aromatic rings. The average molecular weight is 517 g/mol. The van der Waals surface area contributed by atoms with E-state index in [-0.39, 0.29) is 11.6 Å². The van der Waals surface area contributed by atoms with Crippen molar-refractivity contribution in [3.63, 3.8) is 0 Å². The Morgan fingerprint density at radius 1 is 0.692 bits per heavy atom. The predicted molar refractivity (Wildman–Crippen MR) is 164 cm³/mol. The van der Waals surface area contributed by atoms with Crippen molar-refractivity contribution in [3.05, 3.63) is 95.3 Å². The highest BCUT2D eigenvalue weighted by Crippen LogP contribution is 2.58. The quantitative estimate of drug-likeness (QED) is 0.264. The Balaban J connectivity index is 1.58. The van der Waals surface area contributed by atoms with Crippen molar-refractivity contribution in [2.75, 3.05) is 9.80 Å². The third kappa shape index (κ3) is 3.87. The van der Waals surface area contributed by atoms with Gasteiger partial charge in [-0.1, -0.05) is 97.9 Å². The van der Waals surface area contributed by atoms with E-state index in [2.05, 4.69) is 126 Å². The van der Waals surface area contributed by atoms with Crippen LogP contribution in [0.15, 0.2) is 73.1 Å². The van der Waals surface area contributed by atoms with Crippen LogP contribution in [-0.2, 0) is 5.41 Å². The number of aromatic nitrogens is 2. The van der Waals surface area contributed by atoms with Gasteiger partial charge in [-0.3, -0.25) is 0 Å². The molecule has 2 aliphatic rings. The molecule has 0 fully saturated rings. The van der Waals surface area contributed by atoms with Gasteiger partial charge < -0.3 is 9.80 Å². The van der Waals surface area contributed by atoms with E-state index in [9.17, 15) is 0 Å². The maximum atomic E-state index is 4.89. The minimum atomic E-state index is -0.144. The van der Waals surface area contributed by atoms with Gasteiger partial charge in [0.15, 0.2) is 11.6 Å². The summed E-state index contributed by atoms with van der Waals surface area (Å²) in [6.07, 6.45) is 3.68. The molecule has 0 radical (unpaired) electrons. The Hall–Kier alpha value is -3.66. The molecule has 0 saturated carbocycles. The van der Waals surface area contributed by atoms with E-state index in [1.54, 1.807) is 6.20 Å². The molecule has 1 unspecified atom stereocenters. The van der Waals surface area contributed by atoms with Crippen molar-refractivity contribution in [3.8, 4) is 11.1 Å². The van der Waals surface area contributed by atoms with Crippen molar-refractivity contribution >= 4 is 23.0 Å². The summed E-state index contributed by atoms with van der Waals surface area (Å²) in [7, 11) is 0. The summed E-state index contributed by atoms with van der Waals surface area (Å²) in [6.45, 7) is 18.6. The number of benzene rings is 3. The molecule has 3 heterocycles. The molecule has 0 N–H and O–H groups in total. The molecule has 0 aliphatic carbocycles. The normalized spacial score (nSPS) is 17.3. The topological polar surface area (TPSA) is 32.3 Å². The van der Waals surface area contributed by atoms with Crippen LogP contribution in [0.4, 0.5) is 23.0 Å². The fourth-order valence-electron chi connectivity index (χ4n) is 6.61. The zero-order valence-corrected chi connectivity index (χ0v) is 24.5. The minimum Gasteiger partial charge on any atom is -0.301 e. The second kappa shape index (κ2) is 9.22. The van der Waals surface area contributed by atoms with Gasteiger partial charge >= 0.3 is 0 Å². The molecule has 6 rings (SSSR count). The highest BCUT2D eigenvalue weighted by atomic mass is 15.5. The van der Waals surface area contributed by atoms with Crippen LogP contribution in [0.2, 0.25) is 0 Å². The minimum absolute atomic E-state index is 0.0556. The first-order valence-corrected chi connectivity index (χ1v) is 14.4. The van der Waals surface area contributed by atoms with Gasteiger partial charge in [-0.25, -0.2) is 9.97 Å². The maximum Gasteiger partial charge on any atom is 0.178 e. The fraction of sp³-hybridized carbons (Fsp3) is 0.371. The summed E-state index contributed by atoms with van der Waals surface area (Å²) < 4.78 is 0. The number of nitrogens with zero attached hydrogens (tertiary/aromatic N) is 4. The second-order valence-electron chi connectivity index (χ2n) is 12.6. The molecule has 4 heteroatoms. The molecule has 1 aromatic heterocycles. The Morgan fingerprint density at radius 3 is 1.85 bits per heavy atom. The number of hydrogen-bond acceptors (Lipinski definition) is 4. The van der Waals surface area contributed by atoms with Crippen LogP contribution in [0, 0.1) is 0 Å². The van der Waals surface area contributed by atoms with Crippen molar-refractivity contribution in [2.45, 2.75) is 84.7 Å². The van der Waals surface area contributed by atoms with Gasteiger partial charge in [-0.15, -0.1) is 0 Å². The Kier molecular flexibility index (Phi) is 6.05. The van der Waals surface area contributed by atoms with E-state index in [0.29, 0.717) is 17.8 Å². The average Bonchev–Trinajstić information content (AvgIpc) is 3.38. The van der Waals surface area contributed by atoms with Crippen LogP contribution in [0.5, 0.6) is 0 Å². The summed E-state index contributed by atoms with van der Waals surface area (Å²) in [5.41, 5.74) is 10.6. The molecular formula is C35H40N4. The summed E-state index contributed by atoms with van der Waals surface area (Å²) in [6, 6.07) is 22.7. The third-order valence-corrected chi connectivity index (χ3v) is 8.66. The summed E-state index contributed by atoms with van der Waals surface area (Å²) in [5, 5.41) is 0. The first-order valence-electron chi connectivity index (χ1n) is 14.4. The standard InChI is InChI=1S/C35H40N4/c1-21(2)25-18-27(22(3)4)31(28(19-25)23(5)6)24-14-15-29-30(20-24)39-33-32(36-16-17-37-33)38(34(39)35(29,7)8)26-12-10-9-11-13-26/h9-23,34H,1-8H3. The lowest BCUT2D eigenvalue weighted by atomic mass is 9.80. The number of hydrogen-bond donors (Lipinski definition) is 0. The predicted octanol–water partition coefficient (Wildman–Crippen LogP) is 9.42. The summed E-state index contributed by atoms with van der Waals surface area (Å²) >= 11 is 0. The van der Waals surface area contributed by atoms with E-state index in [4.69, 9.17) is 9.97 Å². The van der Waals surface area contributed by atoms with Gasteiger partial charge in [0.1, 0.15) is 6.17 Å². The van der Waals surface area contributed by atoms with Gasteiger partial charge in [0.2, 0.25) is 0 Å². The van der Waals surface area contributed by atoms with Gasteiger partial charge in [0, 0.05) is 29.2 Å². The molecule has 2 aliphatic heterocycles. The van der Waals surface area contributed by atoms with Gasteiger partial charge in [-0.2, -0.15) is 0 Å². The Labute approximate surface area is 233 Å².